The summed E-state index contributed by atoms with van der Waals surface area (Å²) in [6, 6.07) is 6.93. The summed E-state index contributed by atoms with van der Waals surface area (Å²) in [4.78, 5) is 10.8. The molecule has 1 heterocycles. The van der Waals surface area contributed by atoms with E-state index in [1.807, 2.05) is 18.3 Å². The molecule has 0 radical (unpaired) electrons. The minimum atomic E-state index is -0.905. The fourth-order valence-electron chi connectivity index (χ4n) is 2.95. The number of carbonyl (C=O) groups is 1. The zero-order valence-corrected chi connectivity index (χ0v) is 11.8. The number of aromatic carboxylic acids is 1. The van der Waals surface area contributed by atoms with Crippen molar-refractivity contribution >= 4 is 5.97 Å². The summed E-state index contributed by atoms with van der Waals surface area (Å²) in [6.45, 7) is 0.694. The van der Waals surface area contributed by atoms with E-state index in [9.17, 15) is 9.90 Å². The van der Waals surface area contributed by atoms with Gasteiger partial charge in [0.15, 0.2) is 0 Å². The van der Waals surface area contributed by atoms with Crippen molar-refractivity contribution in [1.82, 2.24) is 4.57 Å². The fraction of sp³-hybridized carbons (Fsp3) is 0.353. The number of hydrogen-bond acceptors (Lipinski definition) is 2. The molecule has 1 atom stereocenters. The number of nitrogens with zero attached hydrogens (tertiary/aromatic N) is 1. The number of benzene rings is 1. The molecule has 1 aromatic carbocycles. The molecule has 3 rings (SSSR count). The van der Waals surface area contributed by atoms with E-state index in [0.717, 1.165) is 36.8 Å². The molecule has 2 N–H and O–H groups in total. The van der Waals surface area contributed by atoms with E-state index in [4.69, 9.17) is 5.11 Å². The van der Waals surface area contributed by atoms with Gasteiger partial charge in [-0.15, -0.1) is 0 Å². The van der Waals surface area contributed by atoms with Gasteiger partial charge in [0.2, 0.25) is 0 Å². The van der Waals surface area contributed by atoms with E-state index in [0.29, 0.717) is 12.1 Å². The Bertz CT molecular complexity index is 643. The molecule has 4 nitrogen and oxygen atoms in total. The highest BCUT2D eigenvalue weighted by atomic mass is 16.4. The molecule has 1 aliphatic rings. The van der Waals surface area contributed by atoms with E-state index >= 15 is 0 Å². The standard InChI is InChI=1S/C17H19NO3/c19-16-4-2-1-3-14-10-18(11-15(14)16)9-12-5-7-13(8-6-12)17(20)21/h5-8,10-11,16,19H,1-4,9H2,(H,20,21). The Kier molecular flexibility index (Phi) is 3.80. The van der Waals surface area contributed by atoms with Crippen LogP contribution in [0.25, 0.3) is 0 Å². The number of hydrogen-bond donors (Lipinski definition) is 2. The summed E-state index contributed by atoms with van der Waals surface area (Å²) >= 11 is 0. The van der Waals surface area contributed by atoms with Gasteiger partial charge in [-0.2, -0.15) is 0 Å². The Morgan fingerprint density at radius 2 is 1.95 bits per heavy atom. The number of fused-ring (bicyclic) bond motifs is 1. The maximum absolute atomic E-state index is 10.8. The molecule has 1 aliphatic carbocycles. The zero-order chi connectivity index (χ0) is 14.8. The average Bonchev–Trinajstić information content (AvgIpc) is 2.79. The summed E-state index contributed by atoms with van der Waals surface area (Å²) in [7, 11) is 0. The Morgan fingerprint density at radius 1 is 1.19 bits per heavy atom. The zero-order valence-electron chi connectivity index (χ0n) is 11.8. The number of carboxylic acid groups (broad SMARTS) is 1. The largest absolute Gasteiger partial charge is 0.478 e. The number of aromatic nitrogens is 1. The van der Waals surface area contributed by atoms with Crippen molar-refractivity contribution in [3.63, 3.8) is 0 Å². The minimum absolute atomic E-state index is 0.303. The van der Waals surface area contributed by atoms with Crippen LogP contribution in [0.2, 0.25) is 0 Å². The first-order chi connectivity index (χ1) is 10.1. The second-order valence-corrected chi connectivity index (χ2v) is 5.67. The number of aryl methyl sites for hydroxylation is 1. The Labute approximate surface area is 123 Å². The Morgan fingerprint density at radius 3 is 2.67 bits per heavy atom. The molecule has 0 saturated carbocycles. The minimum Gasteiger partial charge on any atom is -0.478 e. The second-order valence-electron chi connectivity index (χ2n) is 5.67. The molecular formula is C17H19NO3. The average molecular weight is 285 g/mol. The number of aliphatic hydroxyl groups is 1. The monoisotopic (exact) mass is 285 g/mol. The van der Waals surface area contributed by atoms with Gasteiger partial charge in [0, 0.05) is 24.5 Å². The van der Waals surface area contributed by atoms with Crippen molar-refractivity contribution in [3.05, 3.63) is 58.9 Å². The first-order valence-corrected chi connectivity index (χ1v) is 7.32. The third-order valence-corrected chi connectivity index (χ3v) is 4.10. The summed E-state index contributed by atoms with van der Waals surface area (Å²) in [5, 5.41) is 19.0. The van der Waals surface area contributed by atoms with Gasteiger partial charge in [-0.1, -0.05) is 18.6 Å². The third kappa shape index (κ3) is 3.00. The van der Waals surface area contributed by atoms with Crippen LogP contribution < -0.4 is 0 Å². The van der Waals surface area contributed by atoms with E-state index in [2.05, 4.69) is 10.8 Å². The van der Waals surface area contributed by atoms with Crippen LogP contribution in [0.5, 0.6) is 0 Å². The highest BCUT2D eigenvalue weighted by molar-refractivity contribution is 5.87. The van der Waals surface area contributed by atoms with Crippen molar-refractivity contribution in [2.24, 2.45) is 0 Å². The number of carboxylic acids is 1. The fourth-order valence-corrected chi connectivity index (χ4v) is 2.95. The third-order valence-electron chi connectivity index (χ3n) is 4.10. The van der Waals surface area contributed by atoms with Gasteiger partial charge in [-0.05, 0) is 42.5 Å². The van der Waals surface area contributed by atoms with Gasteiger partial charge in [-0.3, -0.25) is 0 Å². The molecule has 4 heteroatoms. The molecular weight excluding hydrogens is 266 g/mol. The molecule has 110 valence electrons. The van der Waals surface area contributed by atoms with Gasteiger partial charge >= 0.3 is 5.97 Å². The van der Waals surface area contributed by atoms with Crippen LogP contribution in [-0.4, -0.2) is 20.7 Å². The molecule has 1 aromatic heterocycles. The summed E-state index contributed by atoms with van der Waals surface area (Å²) < 4.78 is 2.08. The topological polar surface area (TPSA) is 62.5 Å². The lowest BCUT2D eigenvalue weighted by atomic mass is 10.1. The van der Waals surface area contributed by atoms with E-state index in [1.54, 1.807) is 12.1 Å². The van der Waals surface area contributed by atoms with Crippen molar-refractivity contribution in [3.8, 4) is 0 Å². The lowest BCUT2D eigenvalue weighted by Crippen LogP contribution is -2.00. The summed E-state index contributed by atoms with van der Waals surface area (Å²) in [5.41, 5.74) is 3.65. The van der Waals surface area contributed by atoms with E-state index < -0.39 is 5.97 Å². The second kappa shape index (κ2) is 5.74. The van der Waals surface area contributed by atoms with Crippen LogP contribution in [0.1, 0.15) is 52.4 Å². The lowest BCUT2D eigenvalue weighted by Gasteiger charge is -2.07. The molecule has 2 aromatic rings. The predicted molar refractivity (Wildman–Crippen MR) is 79.5 cm³/mol. The first kappa shape index (κ1) is 13.9. The van der Waals surface area contributed by atoms with Gasteiger partial charge in [-0.25, -0.2) is 4.79 Å². The maximum atomic E-state index is 10.8. The molecule has 0 saturated heterocycles. The van der Waals surface area contributed by atoms with E-state index in [-0.39, 0.29) is 6.10 Å². The van der Waals surface area contributed by atoms with Gasteiger partial charge < -0.3 is 14.8 Å². The normalized spacial score (nSPS) is 18.0. The van der Waals surface area contributed by atoms with Crippen LogP contribution in [0.3, 0.4) is 0 Å². The van der Waals surface area contributed by atoms with Crippen LogP contribution in [0.15, 0.2) is 36.7 Å². The van der Waals surface area contributed by atoms with Gasteiger partial charge in [0.1, 0.15) is 0 Å². The lowest BCUT2D eigenvalue weighted by molar-refractivity contribution is 0.0697. The molecule has 0 aliphatic heterocycles. The first-order valence-electron chi connectivity index (χ1n) is 7.32. The van der Waals surface area contributed by atoms with Crippen molar-refractivity contribution in [2.75, 3.05) is 0 Å². The molecule has 0 spiro atoms. The van der Waals surface area contributed by atoms with Crippen LogP contribution in [0.4, 0.5) is 0 Å². The van der Waals surface area contributed by atoms with Crippen LogP contribution >= 0.6 is 0 Å². The summed E-state index contributed by atoms with van der Waals surface area (Å²) in [5.74, 6) is -0.905. The molecule has 21 heavy (non-hydrogen) atoms. The number of rotatable bonds is 3. The van der Waals surface area contributed by atoms with E-state index in [1.165, 1.54) is 5.56 Å². The predicted octanol–water partition coefficient (Wildman–Crippen LogP) is 2.99. The van der Waals surface area contributed by atoms with Crippen molar-refractivity contribution in [2.45, 2.75) is 38.3 Å². The molecule has 0 fully saturated rings. The van der Waals surface area contributed by atoms with Crippen molar-refractivity contribution in [1.29, 1.82) is 0 Å². The highest BCUT2D eigenvalue weighted by Crippen LogP contribution is 2.29. The highest BCUT2D eigenvalue weighted by Gasteiger charge is 2.18. The van der Waals surface area contributed by atoms with Crippen molar-refractivity contribution < 1.29 is 15.0 Å². The van der Waals surface area contributed by atoms with Crippen LogP contribution in [-0.2, 0) is 13.0 Å². The quantitative estimate of drug-likeness (QED) is 0.852. The Balaban J connectivity index is 1.79. The SMILES string of the molecule is O=C(O)c1ccc(Cn2cc3c(c2)C(O)CCCC3)cc1. The Hall–Kier alpha value is -2.07. The van der Waals surface area contributed by atoms with Gasteiger partial charge in [0.25, 0.3) is 0 Å². The molecule has 0 bridgehead atoms. The van der Waals surface area contributed by atoms with Gasteiger partial charge in [0.05, 0.1) is 11.7 Å². The summed E-state index contributed by atoms with van der Waals surface area (Å²) in [6.07, 6.45) is 7.85. The smallest absolute Gasteiger partial charge is 0.335 e. The van der Waals surface area contributed by atoms with Crippen LogP contribution in [0, 0.1) is 0 Å². The molecule has 1 unspecified atom stereocenters. The number of aliphatic hydroxyl groups excluding tert-OH is 1. The molecule has 0 amide bonds. The maximum Gasteiger partial charge on any atom is 0.335 e.